The Labute approximate surface area is 121 Å². The average Bonchev–Trinajstić information content (AvgIpc) is 2.82. The van der Waals surface area contributed by atoms with E-state index in [4.69, 9.17) is 0 Å². The van der Waals surface area contributed by atoms with E-state index >= 15 is 0 Å². The molecule has 3 saturated carbocycles. The van der Waals surface area contributed by atoms with Crippen LogP contribution in [0.15, 0.2) is 24.3 Å². The predicted molar refractivity (Wildman–Crippen MR) is 79.1 cm³/mol. The van der Waals surface area contributed by atoms with Crippen LogP contribution in [0.1, 0.15) is 19.3 Å². The Balaban J connectivity index is 1.48. The molecule has 0 aromatic heterocycles. The van der Waals surface area contributed by atoms with Crippen LogP contribution in [0.4, 0.5) is 5.69 Å². The van der Waals surface area contributed by atoms with Gasteiger partial charge in [0.25, 0.3) is 0 Å². The molecule has 1 amide bonds. The van der Waals surface area contributed by atoms with E-state index < -0.39 is 0 Å². The molecule has 1 aromatic rings. The molecule has 0 aliphatic heterocycles. The third-order valence-corrected chi connectivity index (χ3v) is 6.11. The van der Waals surface area contributed by atoms with Crippen molar-refractivity contribution in [3.8, 4) is 0 Å². The summed E-state index contributed by atoms with van der Waals surface area (Å²) in [4.78, 5) is 12.3. The summed E-state index contributed by atoms with van der Waals surface area (Å²) in [6, 6.07) is 8.01. The van der Waals surface area contributed by atoms with E-state index in [0.29, 0.717) is 5.92 Å². The Morgan fingerprint density at radius 2 is 1.83 bits per heavy atom. The second-order valence-electron chi connectivity index (χ2n) is 5.98. The van der Waals surface area contributed by atoms with Crippen LogP contribution in [0.25, 0.3) is 0 Å². The minimum atomic E-state index is 0.269. The predicted octanol–water partition coefficient (Wildman–Crippen LogP) is 3.52. The third-order valence-electron chi connectivity index (χ3n) is 5.17. The van der Waals surface area contributed by atoms with Gasteiger partial charge in [0.1, 0.15) is 0 Å². The van der Waals surface area contributed by atoms with Gasteiger partial charge < -0.3 is 5.32 Å². The maximum atomic E-state index is 12.3. The van der Waals surface area contributed by atoms with Crippen LogP contribution in [-0.2, 0) is 4.79 Å². The lowest BCUT2D eigenvalue weighted by atomic mass is 10.0. The fourth-order valence-corrected chi connectivity index (χ4v) is 4.98. The van der Waals surface area contributed by atoms with E-state index in [1.54, 1.807) is 0 Å². The zero-order valence-corrected chi connectivity index (χ0v) is 12.3. The van der Waals surface area contributed by atoms with Gasteiger partial charge in [-0.3, -0.25) is 4.79 Å². The Hall–Kier alpha value is -0.580. The van der Waals surface area contributed by atoms with Crippen molar-refractivity contribution in [3.05, 3.63) is 27.8 Å². The van der Waals surface area contributed by atoms with Crippen LogP contribution in [0.2, 0.25) is 0 Å². The Kier molecular flexibility index (Phi) is 2.47. The highest BCUT2D eigenvalue weighted by molar-refractivity contribution is 14.1. The summed E-state index contributed by atoms with van der Waals surface area (Å²) in [7, 11) is 0. The number of halogens is 1. The number of hydrogen-bond donors (Lipinski definition) is 1. The molecule has 0 saturated heterocycles. The van der Waals surface area contributed by atoms with E-state index in [1.807, 2.05) is 24.3 Å². The molecule has 3 aliphatic carbocycles. The Morgan fingerprint density at radius 1 is 1.17 bits per heavy atom. The lowest BCUT2D eigenvalue weighted by Gasteiger charge is -2.10. The molecular formula is C15H16INO. The van der Waals surface area contributed by atoms with Gasteiger partial charge in [0.2, 0.25) is 5.91 Å². The number of rotatable bonds is 2. The van der Waals surface area contributed by atoms with Gasteiger partial charge in [0.05, 0.1) is 5.69 Å². The van der Waals surface area contributed by atoms with E-state index in [0.717, 1.165) is 32.9 Å². The topological polar surface area (TPSA) is 29.1 Å². The first-order valence-corrected chi connectivity index (χ1v) is 7.89. The summed E-state index contributed by atoms with van der Waals surface area (Å²) < 4.78 is 1.12. The number of hydrogen-bond acceptors (Lipinski definition) is 1. The smallest absolute Gasteiger partial charge is 0.228 e. The lowest BCUT2D eigenvalue weighted by molar-refractivity contribution is -0.118. The van der Waals surface area contributed by atoms with Crippen LogP contribution in [-0.4, -0.2) is 5.91 Å². The number of carbonyl (C=O) groups excluding carboxylic acids is 1. The van der Waals surface area contributed by atoms with Gasteiger partial charge in [-0.15, -0.1) is 0 Å². The minimum Gasteiger partial charge on any atom is -0.325 e. The molecule has 0 heterocycles. The summed E-state index contributed by atoms with van der Waals surface area (Å²) in [6.07, 6.45) is 4.15. The van der Waals surface area contributed by atoms with Crippen LogP contribution in [0.3, 0.4) is 0 Å². The maximum Gasteiger partial charge on any atom is 0.228 e. The molecule has 3 heteroatoms. The fraction of sp³-hybridized carbons (Fsp3) is 0.533. The summed E-state index contributed by atoms with van der Waals surface area (Å²) in [5.74, 6) is 3.78. The van der Waals surface area contributed by atoms with Gasteiger partial charge in [-0.2, -0.15) is 0 Å². The number of para-hydroxylation sites is 1. The number of nitrogens with one attached hydrogen (secondary N) is 1. The quantitative estimate of drug-likeness (QED) is 0.810. The number of fused-ring (bicyclic) bond motifs is 5. The van der Waals surface area contributed by atoms with Crippen LogP contribution in [0.5, 0.6) is 0 Å². The lowest BCUT2D eigenvalue weighted by Crippen LogP contribution is -2.19. The summed E-state index contributed by atoms with van der Waals surface area (Å²) in [6.45, 7) is 0. The van der Waals surface area contributed by atoms with Crippen molar-refractivity contribution in [2.24, 2.45) is 29.6 Å². The first-order chi connectivity index (χ1) is 8.75. The molecule has 4 rings (SSSR count). The highest BCUT2D eigenvalue weighted by Crippen LogP contribution is 2.69. The zero-order chi connectivity index (χ0) is 12.3. The number of amides is 1. The Morgan fingerprint density at radius 3 is 2.50 bits per heavy atom. The average molecular weight is 353 g/mol. The maximum absolute atomic E-state index is 12.3. The second kappa shape index (κ2) is 3.95. The first kappa shape index (κ1) is 11.3. The summed E-state index contributed by atoms with van der Waals surface area (Å²) in [5, 5.41) is 3.12. The second-order valence-corrected chi connectivity index (χ2v) is 7.14. The van der Waals surface area contributed by atoms with Crippen molar-refractivity contribution in [1.82, 2.24) is 0 Å². The van der Waals surface area contributed by atoms with Crippen molar-refractivity contribution in [3.63, 3.8) is 0 Å². The highest BCUT2D eigenvalue weighted by Gasteiger charge is 2.67. The van der Waals surface area contributed by atoms with E-state index in [9.17, 15) is 4.79 Å². The van der Waals surface area contributed by atoms with Crippen molar-refractivity contribution >= 4 is 34.2 Å². The summed E-state index contributed by atoms with van der Waals surface area (Å²) in [5.41, 5.74) is 0.973. The molecule has 18 heavy (non-hydrogen) atoms. The molecule has 3 aliphatic rings. The zero-order valence-electron chi connectivity index (χ0n) is 10.1. The number of anilines is 1. The van der Waals surface area contributed by atoms with E-state index in [2.05, 4.69) is 27.9 Å². The molecule has 0 spiro atoms. The van der Waals surface area contributed by atoms with Gasteiger partial charge in [-0.05, 0) is 77.7 Å². The molecule has 4 atom stereocenters. The number of carbonyl (C=O) groups is 1. The molecule has 2 nitrogen and oxygen atoms in total. The van der Waals surface area contributed by atoms with Gasteiger partial charge in [-0.25, -0.2) is 0 Å². The standard InChI is InChI=1S/C15H16INO/c16-10-3-1-2-4-11(10)17-15(18)14-12-8-5-6-9(7-8)13(12)14/h1-4,8-9,12-14H,5-7H2,(H,17,18). The molecule has 4 unspecified atom stereocenters. The third kappa shape index (κ3) is 1.55. The van der Waals surface area contributed by atoms with Gasteiger partial charge in [0.15, 0.2) is 0 Å². The molecule has 94 valence electrons. The molecule has 2 bridgehead atoms. The van der Waals surface area contributed by atoms with E-state index in [1.165, 1.54) is 19.3 Å². The summed E-state index contributed by atoms with van der Waals surface area (Å²) >= 11 is 2.28. The molecule has 1 aromatic carbocycles. The van der Waals surface area contributed by atoms with E-state index in [-0.39, 0.29) is 5.91 Å². The molecule has 3 fully saturated rings. The highest BCUT2D eigenvalue weighted by atomic mass is 127. The van der Waals surface area contributed by atoms with Gasteiger partial charge >= 0.3 is 0 Å². The SMILES string of the molecule is O=C(Nc1ccccc1I)C1C2C3CCC(C3)C12. The number of benzene rings is 1. The van der Waals surface area contributed by atoms with Crippen LogP contribution in [0, 0.1) is 33.2 Å². The monoisotopic (exact) mass is 353 g/mol. The van der Waals surface area contributed by atoms with Crippen molar-refractivity contribution < 1.29 is 4.79 Å². The Bertz CT molecular complexity index is 499. The van der Waals surface area contributed by atoms with Crippen molar-refractivity contribution in [2.75, 3.05) is 5.32 Å². The fourth-order valence-electron chi connectivity index (χ4n) is 4.45. The minimum absolute atomic E-state index is 0.269. The van der Waals surface area contributed by atoms with Gasteiger partial charge in [0, 0.05) is 9.49 Å². The molecule has 1 N–H and O–H groups in total. The molecule has 0 radical (unpaired) electrons. The normalized spacial score (nSPS) is 39.5. The van der Waals surface area contributed by atoms with Crippen molar-refractivity contribution in [2.45, 2.75) is 19.3 Å². The van der Waals surface area contributed by atoms with Crippen molar-refractivity contribution in [1.29, 1.82) is 0 Å². The molecular weight excluding hydrogens is 337 g/mol. The first-order valence-electron chi connectivity index (χ1n) is 6.81. The van der Waals surface area contributed by atoms with Gasteiger partial charge in [-0.1, -0.05) is 12.1 Å². The largest absolute Gasteiger partial charge is 0.325 e. The van der Waals surface area contributed by atoms with Crippen LogP contribution >= 0.6 is 22.6 Å². The van der Waals surface area contributed by atoms with Crippen LogP contribution < -0.4 is 5.32 Å².